The number of hydrogen-bond donors (Lipinski definition) is 2. The summed E-state index contributed by atoms with van der Waals surface area (Å²) in [7, 11) is 0. The molecule has 1 aliphatic heterocycles. The van der Waals surface area contributed by atoms with Gasteiger partial charge in [0.15, 0.2) is 0 Å². The van der Waals surface area contributed by atoms with Crippen LogP contribution in [-0.2, 0) is 6.54 Å². The molecule has 1 amide bonds. The van der Waals surface area contributed by atoms with Crippen LogP contribution in [0.2, 0.25) is 0 Å². The van der Waals surface area contributed by atoms with Crippen molar-refractivity contribution >= 4 is 5.91 Å². The highest BCUT2D eigenvalue weighted by Gasteiger charge is 2.42. The summed E-state index contributed by atoms with van der Waals surface area (Å²) in [6, 6.07) is 15.9. The first-order chi connectivity index (χ1) is 14.1. The van der Waals surface area contributed by atoms with Crippen molar-refractivity contribution in [1.82, 2.24) is 15.1 Å². The number of nitrogens with zero attached hydrogens (tertiary/aromatic N) is 2. The van der Waals surface area contributed by atoms with E-state index in [-0.39, 0.29) is 24.0 Å². The maximum Gasteiger partial charge on any atom is 0.273 e. The molecule has 1 unspecified atom stereocenters. The van der Waals surface area contributed by atoms with Crippen molar-refractivity contribution in [3.63, 3.8) is 0 Å². The lowest BCUT2D eigenvalue weighted by atomic mass is 9.95. The number of phenolic OH excluding ortho intramolecular Hbond substituents is 1. The van der Waals surface area contributed by atoms with Gasteiger partial charge < -0.3 is 14.4 Å². The number of benzene rings is 2. The molecule has 1 aliphatic rings. The Labute approximate surface area is 165 Å². The standard InChI is InChI=1S/C22H16FN3O3/c23-14-9-7-13(8-10-14)21-18-19(16-5-1-2-6-17(16)27)24-25-20(18)22(28)26(21)12-15-4-3-11-29-15/h1-11,21,27H,12H2,(H,24,25). The highest BCUT2D eigenvalue weighted by molar-refractivity contribution is 6.00. The second-order valence-corrected chi connectivity index (χ2v) is 6.84. The van der Waals surface area contributed by atoms with Crippen molar-refractivity contribution in [2.24, 2.45) is 0 Å². The molecule has 0 fully saturated rings. The van der Waals surface area contributed by atoms with Gasteiger partial charge in [-0.05, 0) is 42.0 Å². The monoisotopic (exact) mass is 389 g/mol. The first kappa shape index (κ1) is 17.2. The highest BCUT2D eigenvalue weighted by atomic mass is 19.1. The zero-order valence-electron chi connectivity index (χ0n) is 15.2. The molecule has 0 saturated heterocycles. The van der Waals surface area contributed by atoms with E-state index in [1.807, 2.05) is 0 Å². The van der Waals surface area contributed by atoms with Crippen LogP contribution in [0.5, 0.6) is 5.75 Å². The van der Waals surface area contributed by atoms with Crippen LogP contribution in [0.1, 0.15) is 33.4 Å². The van der Waals surface area contributed by atoms with Gasteiger partial charge in [-0.25, -0.2) is 4.39 Å². The van der Waals surface area contributed by atoms with Gasteiger partial charge >= 0.3 is 0 Å². The number of H-pyrrole nitrogens is 1. The molecule has 6 nitrogen and oxygen atoms in total. The average Bonchev–Trinajstić information content (AvgIpc) is 3.44. The van der Waals surface area contributed by atoms with Crippen molar-refractivity contribution < 1.29 is 18.7 Å². The molecule has 144 valence electrons. The zero-order valence-corrected chi connectivity index (χ0v) is 15.2. The van der Waals surface area contributed by atoms with Gasteiger partial charge in [0, 0.05) is 11.1 Å². The van der Waals surface area contributed by atoms with E-state index in [9.17, 15) is 14.3 Å². The van der Waals surface area contributed by atoms with Crippen molar-refractivity contribution in [2.75, 3.05) is 0 Å². The fraction of sp³-hybridized carbons (Fsp3) is 0.0909. The summed E-state index contributed by atoms with van der Waals surface area (Å²) in [6.45, 7) is 0.247. The van der Waals surface area contributed by atoms with Crippen molar-refractivity contribution in [3.05, 3.63) is 95.3 Å². The SMILES string of the molecule is O=C1c2[nH]nc(-c3ccccc3O)c2C(c2ccc(F)cc2)N1Cc1ccco1. The molecule has 29 heavy (non-hydrogen) atoms. The molecular weight excluding hydrogens is 373 g/mol. The number of nitrogens with one attached hydrogen (secondary N) is 1. The number of aromatic amines is 1. The molecule has 2 N–H and O–H groups in total. The molecule has 3 heterocycles. The molecular formula is C22H16FN3O3. The number of aromatic hydroxyl groups is 1. The Morgan fingerprint density at radius 3 is 2.62 bits per heavy atom. The number of hydrogen-bond acceptors (Lipinski definition) is 4. The number of fused-ring (bicyclic) bond motifs is 1. The Bertz CT molecular complexity index is 1180. The predicted octanol–water partition coefficient (Wildman–Crippen LogP) is 4.26. The number of furan rings is 1. The Hall–Kier alpha value is -3.87. The summed E-state index contributed by atoms with van der Waals surface area (Å²) in [6.07, 6.45) is 1.55. The molecule has 0 saturated carbocycles. The number of amides is 1. The Morgan fingerprint density at radius 2 is 1.90 bits per heavy atom. The topological polar surface area (TPSA) is 82.4 Å². The molecule has 5 rings (SSSR count). The summed E-state index contributed by atoms with van der Waals surface area (Å²) in [5, 5.41) is 17.5. The minimum Gasteiger partial charge on any atom is -0.507 e. The van der Waals surface area contributed by atoms with Crippen LogP contribution in [0.25, 0.3) is 11.3 Å². The third-order valence-electron chi connectivity index (χ3n) is 5.11. The van der Waals surface area contributed by atoms with Crippen LogP contribution in [0.4, 0.5) is 4.39 Å². The van der Waals surface area contributed by atoms with Gasteiger partial charge in [-0.1, -0.05) is 24.3 Å². The number of rotatable bonds is 4. The van der Waals surface area contributed by atoms with Crippen LogP contribution in [0.3, 0.4) is 0 Å². The maximum absolute atomic E-state index is 13.5. The summed E-state index contributed by atoms with van der Waals surface area (Å²) in [5.41, 5.74) is 2.74. The Kier molecular flexibility index (Phi) is 3.94. The number of para-hydroxylation sites is 1. The molecule has 0 radical (unpaired) electrons. The quantitative estimate of drug-likeness (QED) is 0.546. The molecule has 2 aromatic heterocycles. The average molecular weight is 389 g/mol. The third kappa shape index (κ3) is 2.79. The predicted molar refractivity (Wildman–Crippen MR) is 103 cm³/mol. The van der Waals surface area contributed by atoms with Crippen LogP contribution in [0, 0.1) is 5.82 Å². The summed E-state index contributed by atoms with van der Waals surface area (Å²) >= 11 is 0. The minimum absolute atomic E-state index is 0.0663. The Balaban J connectivity index is 1.68. The molecule has 0 bridgehead atoms. The van der Waals surface area contributed by atoms with Gasteiger partial charge in [-0.15, -0.1) is 0 Å². The maximum atomic E-state index is 13.5. The lowest BCUT2D eigenvalue weighted by Gasteiger charge is -2.25. The lowest BCUT2D eigenvalue weighted by molar-refractivity contribution is 0.0717. The van der Waals surface area contributed by atoms with Crippen LogP contribution < -0.4 is 0 Å². The van der Waals surface area contributed by atoms with E-state index in [2.05, 4.69) is 10.2 Å². The number of phenols is 1. The lowest BCUT2D eigenvalue weighted by Crippen LogP contribution is -2.29. The van der Waals surface area contributed by atoms with E-state index >= 15 is 0 Å². The largest absolute Gasteiger partial charge is 0.507 e. The van der Waals surface area contributed by atoms with E-state index in [4.69, 9.17) is 4.42 Å². The van der Waals surface area contributed by atoms with Crippen molar-refractivity contribution in [1.29, 1.82) is 0 Å². The first-order valence-electron chi connectivity index (χ1n) is 9.09. The van der Waals surface area contributed by atoms with Gasteiger partial charge in [-0.3, -0.25) is 9.89 Å². The summed E-state index contributed by atoms with van der Waals surface area (Å²) in [5.74, 6) is 0.105. The van der Waals surface area contributed by atoms with Gasteiger partial charge in [-0.2, -0.15) is 5.10 Å². The molecule has 7 heteroatoms. The van der Waals surface area contributed by atoms with Gasteiger partial charge in [0.2, 0.25) is 0 Å². The summed E-state index contributed by atoms with van der Waals surface area (Å²) < 4.78 is 19.0. The van der Waals surface area contributed by atoms with Crippen molar-refractivity contribution in [2.45, 2.75) is 12.6 Å². The van der Waals surface area contributed by atoms with Crippen LogP contribution in [0.15, 0.2) is 71.3 Å². The zero-order chi connectivity index (χ0) is 20.0. The van der Waals surface area contributed by atoms with E-state index in [0.29, 0.717) is 28.3 Å². The third-order valence-corrected chi connectivity index (χ3v) is 5.11. The molecule has 0 spiro atoms. The fourth-order valence-corrected chi connectivity index (χ4v) is 3.80. The van der Waals surface area contributed by atoms with Crippen LogP contribution >= 0.6 is 0 Å². The Morgan fingerprint density at radius 1 is 1.10 bits per heavy atom. The fourth-order valence-electron chi connectivity index (χ4n) is 3.80. The van der Waals surface area contributed by atoms with Gasteiger partial charge in [0.25, 0.3) is 5.91 Å². The highest BCUT2D eigenvalue weighted by Crippen LogP contribution is 2.44. The molecule has 1 atom stereocenters. The van der Waals surface area contributed by atoms with Gasteiger partial charge in [0.05, 0.1) is 18.8 Å². The number of carbonyl (C=O) groups excluding carboxylic acids is 1. The van der Waals surface area contributed by atoms with E-state index < -0.39 is 6.04 Å². The van der Waals surface area contributed by atoms with E-state index in [0.717, 1.165) is 5.56 Å². The number of carbonyl (C=O) groups is 1. The summed E-state index contributed by atoms with van der Waals surface area (Å²) in [4.78, 5) is 14.8. The van der Waals surface area contributed by atoms with Gasteiger partial charge in [0.1, 0.15) is 28.7 Å². The minimum atomic E-state index is -0.503. The number of aromatic nitrogens is 2. The smallest absolute Gasteiger partial charge is 0.273 e. The van der Waals surface area contributed by atoms with E-state index in [1.54, 1.807) is 59.7 Å². The normalized spacial score (nSPS) is 15.7. The van der Waals surface area contributed by atoms with Crippen LogP contribution in [-0.4, -0.2) is 26.1 Å². The second-order valence-electron chi connectivity index (χ2n) is 6.84. The molecule has 2 aromatic carbocycles. The second kappa shape index (κ2) is 6.63. The molecule has 4 aromatic rings. The first-order valence-corrected chi connectivity index (χ1v) is 9.09. The molecule has 0 aliphatic carbocycles. The number of halogens is 1. The van der Waals surface area contributed by atoms with E-state index in [1.165, 1.54) is 12.1 Å². The van der Waals surface area contributed by atoms with Crippen molar-refractivity contribution in [3.8, 4) is 17.0 Å².